The lowest BCUT2D eigenvalue weighted by Gasteiger charge is -2.13. The van der Waals surface area contributed by atoms with Crippen molar-refractivity contribution >= 4 is 40.6 Å². The molecular formula is C25H24ClN5OS. The summed E-state index contributed by atoms with van der Waals surface area (Å²) in [5, 5.41) is 16.4. The Morgan fingerprint density at radius 1 is 0.970 bits per heavy atom. The Bertz CT molecular complexity index is 1240. The zero-order valence-corrected chi connectivity index (χ0v) is 20.0. The van der Waals surface area contributed by atoms with E-state index in [-0.39, 0.29) is 11.7 Å². The minimum absolute atomic E-state index is 0.0846. The van der Waals surface area contributed by atoms with E-state index in [0.717, 1.165) is 34.0 Å². The summed E-state index contributed by atoms with van der Waals surface area (Å²) in [5.74, 6) is 0.873. The van der Waals surface area contributed by atoms with Crippen LogP contribution in [0.25, 0.3) is 5.69 Å². The van der Waals surface area contributed by atoms with Crippen LogP contribution in [0.5, 0.6) is 0 Å². The standard InChI is InChI=1S/C25H24ClN5OS/c1-17-8-6-9-18(2)24(17)28-23(32)16-33-25-30-29-22(31(25)21-12-4-3-5-13-21)15-27-20-11-7-10-19(26)14-20/h3-14,27H,15-16H2,1-2H3,(H,28,32). The van der Waals surface area contributed by atoms with Gasteiger partial charge in [0.2, 0.25) is 5.91 Å². The predicted octanol–water partition coefficient (Wildman–Crippen LogP) is 5.88. The summed E-state index contributed by atoms with van der Waals surface area (Å²) in [4.78, 5) is 12.7. The Labute approximate surface area is 202 Å². The number of hydrogen-bond donors (Lipinski definition) is 2. The molecule has 0 aliphatic rings. The number of thioether (sulfide) groups is 1. The number of carbonyl (C=O) groups excluding carboxylic acids is 1. The smallest absolute Gasteiger partial charge is 0.234 e. The van der Waals surface area contributed by atoms with Crippen LogP contribution in [0.4, 0.5) is 11.4 Å². The minimum Gasteiger partial charge on any atom is -0.378 e. The van der Waals surface area contributed by atoms with E-state index >= 15 is 0 Å². The summed E-state index contributed by atoms with van der Waals surface area (Å²) < 4.78 is 1.97. The van der Waals surface area contributed by atoms with E-state index in [2.05, 4.69) is 20.8 Å². The summed E-state index contributed by atoms with van der Waals surface area (Å²) in [6.07, 6.45) is 0. The van der Waals surface area contributed by atoms with Crippen molar-refractivity contribution in [3.05, 3.63) is 94.8 Å². The van der Waals surface area contributed by atoms with Crippen molar-refractivity contribution in [2.24, 2.45) is 0 Å². The molecule has 1 heterocycles. The van der Waals surface area contributed by atoms with Gasteiger partial charge in [-0.25, -0.2) is 0 Å². The molecule has 0 spiro atoms. The monoisotopic (exact) mass is 477 g/mol. The second-order valence-corrected chi connectivity index (χ2v) is 8.92. The van der Waals surface area contributed by atoms with Gasteiger partial charge in [-0.3, -0.25) is 9.36 Å². The number of hydrogen-bond acceptors (Lipinski definition) is 5. The van der Waals surface area contributed by atoms with Crippen LogP contribution < -0.4 is 10.6 Å². The molecule has 0 saturated carbocycles. The summed E-state index contributed by atoms with van der Waals surface area (Å²) in [5.41, 5.74) is 4.76. The fourth-order valence-electron chi connectivity index (χ4n) is 3.44. The Morgan fingerprint density at radius 2 is 1.70 bits per heavy atom. The molecule has 3 aromatic carbocycles. The summed E-state index contributed by atoms with van der Waals surface area (Å²) in [6.45, 7) is 4.43. The number of carbonyl (C=O) groups is 1. The third-order valence-electron chi connectivity index (χ3n) is 5.07. The highest BCUT2D eigenvalue weighted by Crippen LogP contribution is 2.24. The first-order valence-electron chi connectivity index (χ1n) is 10.5. The van der Waals surface area contributed by atoms with Crippen LogP contribution in [0.15, 0.2) is 78.0 Å². The number of nitrogens with zero attached hydrogens (tertiary/aromatic N) is 3. The zero-order chi connectivity index (χ0) is 23.2. The maximum absolute atomic E-state index is 12.7. The highest BCUT2D eigenvalue weighted by atomic mass is 35.5. The first-order chi connectivity index (χ1) is 16.0. The number of nitrogens with one attached hydrogen (secondary N) is 2. The third kappa shape index (κ3) is 5.74. The fraction of sp³-hybridized carbons (Fsp3) is 0.160. The normalized spacial score (nSPS) is 10.8. The van der Waals surface area contributed by atoms with Crippen molar-refractivity contribution in [1.82, 2.24) is 14.8 Å². The van der Waals surface area contributed by atoms with Crippen LogP contribution in [-0.2, 0) is 11.3 Å². The maximum atomic E-state index is 12.7. The second-order valence-electron chi connectivity index (χ2n) is 7.54. The van der Waals surface area contributed by atoms with Crippen molar-refractivity contribution in [2.45, 2.75) is 25.5 Å². The van der Waals surface area contributed by atoms with E-state index in [0.29, 0.717) is 16.7 Å². The number of rotatable bonds is 8. The first-order valence-corrected chi connectivity index (χ1v) is 11.9. The molecule has 8 heteroatoms. The van der Waals surface area contributed by atoms with Gasteiger partial charge in [0, 0.05) is 22.1 Å². The van der Waals surface area contributed by atoms with Crippen LogP contribution in [0.2, 0.25) is 5.02 Å². The van der Waals surface area contributed by atoms with Crippen molar-refractivity contribution < 1.29 is 4.79 Å². The molecule has 1 amide bonds. The van der Waals surface area contributed by atoms with Crippen LogP contribution in [0.1, 0.15) is 17.0 Å². The van der Waals surface area contributed by atoms with Crippen molar-refractivity contribution in [3.8, 4) is 5.69 Å². The number of halogens is 1. The molecule has 0 atom stereocenters. The molecule has 4 rings (SSSR count). The fourth-order valence-corrected chi connectivity index (χ4v) is 4.40. The molecule has 0 bridgehead atoms. The van der Waals surface area contributed by atoms with Crippen molar-refractivity contribution in [1.29, 1.82) is 0 Å². The molecule has 33 heavy (non-hydrogen) atoms. The van der Waals surface area contributed by atoms with Crippen molar-refractivity contribution in [3.63, 3.8) is 0 Å². The van der Waals surface area contributed by atoms with Gasteiger partial charge in [0.25, 0.3) is 0 Å². The van der Waals surface area contributed by atoms with Crippen LogP contribution in [0.3, 0.4) is 0 Å². The van der Waals surface area contributed by atoms with Gasteiger partial charge in [0.1, 0.15) is 0 Å². The van der Waals surface area contributed by atoms with Crippen molar-refractivity contribution in [2.75, 3.05) is 16.4 Å². The molecule has 0 radical (unpaired) electrons. The average molecular weight is 478 g/mol. The molecule has 0 fully saturated rings. The molecular weight excluding hydrogens is 454 g/mol. The largest absolute Gasteiger partial charge is 0.378 e. The molecule has 168 valence electrons. The number of aromatic nitrogens is 3. The lowest BCUT2D eigenvalue weighted by Crippen LogP contribution is -2.16. The van der Waals surface area contributed by atoms with Gasteiger partial charge in [-0.2, -0.15) is 0 Å². The van der Waals surface area contributed by atoms with Gasteiger partial charge < -0.3 is 10.6 Å². The van der Waals surface area contributed by atoms with Gasteiger partial charge in [0.05, 0.1) is 12.3 Å². The van der Waals surface area contributed by atoms with E-state index in [4.69, 9.17) is 11.6 Å². The van der Waals surface area contributed by atoms with Gasteiger partial charge in [-0.15, -0.1) is 10.2 Å². The average Bonchev–Trinajstić information content (AvgIpc) is 3.22. The molecule has 1 aromatic heterocycles. The third-order valence-corrected chi connectivity index (χ3v) is 6.23. The molecule has 0 aliphatic carbocycles. The minimum atomic E-state index is -0.0846. The van der Waals surface area contributed by atoms with Gasteiger partial charge in [-0.05, 0) is 55.3 Å². The highest BCUT2D eigenvalue weighted by molar-refractivity contribution is 7.99. The van der Waals surface area contributed by atoms with Crippen LogP contribution in [0, 0.1) is 13.8 Å². The second kappa shape index (κ2) is 10.6. The van der Waals surface area contributed by atoms with Gasteiger partial charge in [-0.1, -0.05) is 65.8 Å². The quantitative estimate of drug-likeness (QED) is 0.310. The molecule has 0 aliphatic heterocycles. The summed E-state index contributed by atoms with van der Waals surface area (Å²) in [7, 11) is 0. The maximum Gasteiger partial charge on any atom is 0.234 e. The highest BCUT2D eigenvalue weighted by Gasteiger charge is 2.16. The van der Waals surface area contributed by atoms with Crippen LogP contribution in [-0.4, -0.2) is 26.4 Å². The topological polar surface area (TPSA) is 71.8 Å². The number of anilines is 2. The lowest BCUT2D eigenvalue weighted by molar-refractivity contribution is -0.113. The Hall–Kier alpha value is -3.29. The number of amides is 1. The molecule has 2 N–H and O–H groups in total. The van der Waals surface area contributed by atoms with Gasteiger partial charge >= 0.3 is 0 Å². The summed E-state index contributed by atoms with van der Waals surface area (Å²) in [6, 6.07) is 23.4. The Kier molecular flexibility index (Phi) is 7.32. The number of benzene rings is 3. The van der Waals surface area contributed by atoms with E-state index in [1.54, 1.807) is 0 Å². The van der Waals surface area contributed by atoms with E-state index in [9.17, 15) is 4.79 Å². The van der Waals surface area contributed by atoms with Crippen LogP contribution >= 0.6 is 23.4 Å². The lowest BCUT2D eigenvalue weighted by atomic mass is 10.1. The van der Waals surface area contributed by atoms with E-state index < -0.39 is 0 Å². The SMILES string of the molecule is Cc1cccc(C)c1NC(=O)CSc1nnc(CNc2cccc(Cl)c2)n1-c1ccccc1. The van der Waals surface area contributed by atoms with Gasteiger partial charge in [0.15, 0.2) is 11.0 Å². The van der Waals surface area contributed by atoms with E-state index in [1.165, 1.54) is 11.8 Å². The molecule has 6 nitrogen and oxygen atoms in total. The molecule has 0 unspecified atom stereocenters. The zero-order valence-electron chi connectivity index (χ0n) is 18.4. The Balaban J connectivity index is 1.51. The Morgan fingerprint density at radius 3 is 2.42 bits per heavy atom. The van der Waals surface area contributed by atoms with E-state index in [1.807, 2.05) is 91.2 Å². The predicted molar refractivity (Wildman–Crippen MR) is 135 cm³/mol. The number of para-hydroxylation sites is 2. The number of aryl methyl sites for hydroxylation is 2. The summed E-state index contributed by atoms with van der Waals surface area (Å²) >= 11 is 7.45. The first kappa shape index (κ1) is 22.9. The molecule has 4 aromatic rings. The molecule has 0 saturated heterocycles.